The maximum absolute atomic E-state index is 11.8. The van der Waals surface area contributed by atoms with E-state index in [0.29, 0.717) is 12.5 Å². The number of anilines is 1. The second-order valence-corrected chi connectivity index (χ2v) is 6.02. The van der Waals surface area contributed by atoms with Crippen LogP contribution in [0.15, 0.2) is 10.9 Å². The molecular weight excluding hydrogens is 256 g/mol. The molecule has 1 saturated carbocycles. The van der Waals surface area contributed by atoms with Crippen LogP contribution >= 0.6 is 0 Å². The summed E-state index contributed by atoms with van der Waals surface area (Å²) in [6.07, 6.45) is 4.13. The first-order chi connectivity index (χ1) is 9.72. The molecule has 3 aliphatic rings. The summed E-state index contributed by atoms with van der Waals surface area (Å²) in [5, 5.41) is 2.93. The highest BCUT2D eigenvalue weighted by molar-refractivity contribution is 5.83. The number of carbonyl (C=O) groups is 1. The Morgan fingerprint density at radius 1 is 1.25 bits per heavy atom. The minimum atomic E-state index is -0.0868. The van der Waals surface area contributed by atoms with Gasteiger partial charge < -0.3 is 15.2 Å². The van der Waals surface area contributed by atoms with Gasteiger partial charge in [0.2, 0.25) is 5.91 Å². The molecule has 106 valence electrons. The van der Waals surface area contributed by atoms with E-state index >= 15 is 0 Å². The molecule has 2 N–H and O–H groups in total. The molecule has 0 bridgehead atoms. The van der Waals surface area contributed by atoms with Crippen LogP contribution in [-0.4, -0.2) is 35.0 Å². The Bertz CT molecular complexity index is 607. The van der Waals surface area contributed by atoms with E-state index < -0.39 is 0 Å². The van der Waals surface area contributed by atoms with Crippen LogP contribution in [0, 0.1) is 5.92 Å². The van der Waals surface area contributed by atoms with Crippen molar-refractivity contribution >= 4 is 11.7 Å². The van der Waals surface area contributed by atoms with E-state index in [1.54, 1.807) is 6.07 Å². The summed E-state index contributed by atoms with van der Waals surface area (Å²) in [4.78, 5) is 33.3. The topological polar surface area (TPSA) is 78.1 Å². The van der Waals surface area contributed by atoms with Gasteiger partial charge in [-0.25, -0.2) is 4.98 Å². The molecule has 3 fully saturated rings. The Labute approximate surface area is 116 Å². The van der Waals surface area contributed by atoms with E-state index in [2.05, 4.69) is 20.2 Å². The Hall–Kier alpha value is -1.85. The SMILES string of the molecule is O=C1NCC2C1CCCN2c1cc(=O)[nH]c(C2CC2)n1. The number of piperidine rings is 1. The summed E-state index contributed by atoms with van der Waals surface area (Å²) in [5.41, 5.74) is -0.0868. The van der Waals surface area contributed by atoms with Crippen molar-refractivity contribution < 1.29 is 4.79 Å². The van der Waals surface area contributed by atoms with Gasteiger partial charge >= 0.3 is 0 Å². The predicted octanol–water partition coefficient (Wildman–Crippen LogP) is 0.362. The van der Waals surface area contributed by atoms with Gasteiger partial charge in [-0.3, -0.25) is 9.59 Å². The van der Waals surface area contributed by atoms with Gasteiger partial charge in [-0.15, -0.1) is 0 Å². The van der Waals surface area contributed by atoms with E-state index in [9.17, 15) is 9.59 Å². The van der Waals surface area contributed by atoms with Crippen LogP contribution in [0.1, 0.15) is 37.4 Å². The summed E-state index contributed by atoms with van der Waals surface area (Å²) < 4.78 is 0. The zero-order valence-electron chi connectivity index (χ0n) is 11.3. The number of aromatic nitrogens is 2. The number of aromatic amines is 1. The fraction of sp³-hybridized carbons (Fsp3) is 0.643. The van der Waals surface area contributed by atoms with E-state index in [1.807, 2.05) is 0 Å². The molecule has 3 heterocycles. The van der Waals surface area contributed by atoms with Crippen LogP contribution in [0.5, 0.6) is 0 Å². The van der Waals surface area contributed by atoms with Gasteiger partial charge in [-0.1, -0.05) is 0 Å². The monoisotopic (exact) mass is 274 g/mol. The van der Waals surface area contributed by atoms with Gasteiger partial charge in [0, 0.05) is 25.1 Å². The lowest BCUT2D eigenvalue weighted by molar-refractivity contribution is -0.122. The van der Waals surface area contributed by atoms with Crippen LogP contribution in [0.4, 0.5) is 5.82 Å². The molecule has 2 atom stereocenters. The zero-order chi connectivity index (χ0) is 13.7. The smallest absolute Gasteiger partial charge is 0.252 e. The average molecular weight is 274 g/mol. The lowest BCUT2D eigenvalue weighted by Gasteiger charge is -2.36. The maximum Gasteiger partial charge on any atom is 0.252 e. The van der Waals surface area contributed by atoms with Crippen molar-refractivity contribution in [3.05, 3.63) is 22.2 Å². The van der Waals surface area contributed by atoms with Crippen molar-refractivity contribution in [3.8, 4) is 0 Å². The molecular formula is C14H18N4O2. The molecule has 6 heteroatoms. The van der Waals surface area contributed by atoms with Gasteiger partial charge in [-0.05, 0) is 25.7 Å². The number of carbonyl (C=O) groups excluding carboxylic acids is 1. The third kappa shape index (κ3) is 1.90. The van der Waals surface area contributed by atoms with Crippen molar-refractivity contribution in [1.82, 2.24) is 15.3 Å². The summed E-state index contributed by atoms with van der Waals surface area (Å²) in [5.74, 6) is 2.17. The Balaban J connectivity index is 1.69. The normalized spacial score (nSPS) is 29.2. The van der Waals surface area contributed by atoms with Gasteiger partial charge in [-0.2, -0.15) is 0 Å². The number of nitrogens with zero attached hydrogens (tertiary/aromatic N) is 2. The number of hydrogen-bond acceptors (Lipinski definition) is 4. The molecule has 2 unspecified atom stereocenters. The van der Waals surface area contributed by atoms with Crippen LogP contribution in [0.25, 0.3) is 0 Å². The van der Waals surface area contributed by atoms with Crippen LogP contribution in [0.3, 0.4) is 0 Å². The highest BCUT2D eigenvalue weighted by atomic mass is 16.2. The summed E-state index contributed by atoms with van der Waals surface area (Å²) in [7, 11) is 0. The van der Waals surface area contributed by atoms with Crippen molar-refractivity contribution in [3.63, 3.8) is 0 Å². The van der Waals surface area contributed by atoms with E-state index in [4.69, 9.17) is 0 Å². The van der Waals surface area contributed by atoms with Crippen molar-refractivity contribution in [2.45, 2.75) is 37.6 Å². The first-order valence-corrected chi connectivity index (χ1v) is 7.38. The van der Waals surface area contributed by atoms with Gasteiger partial charge in [0.05, 0.1) is 12.0 Å². The van der Waals surface area contributed by atoms with Crippen molar-refractivity contribution in [2.24, 2.45) is 5.92 Å². The zero-order valence-corrected chi connectivity index (χ0v) is 11.3. The maximum atomic E-state index is 11.8. The molecule has 1 amide bonds. The molecule has 2 saturated heterocycles. The van der Waals surface area contributed by atoms with Crippen molar-refractivity contribution in [2.75, 3.05) is 18.0 Å². The largest absolute Gasteiger partial charge is 0.354 e. The average Bonchev–Trinajstić information content (AvgIpc) is 3.23. The van der Waals surface area contributed by atoms with Crippen LogP contribution in [0.2, 0.25) is 0 Å². The third-order valence-corrected chi connectivity index (χ3v) is 4.61. The molecule has 4 rings (SSSR count). The van der Waals surface area contributed by atoms with E-state index in [-0.39, 0.29) is 23.4 Å². The highest BCUT2D eigenvalue weighted by Gasteiger charge is 2.41. The summed E-state index contributed by atoms with van der Waals surface area (Å²) in [6.45, 7) is 1.54. The lowest BCUT2D eigenvalue weighted by Crippen LogP contribution is -2.46. The van der Waals surface area contributed by atoms with E-state index in [0.717, 1.165) is 43.9 Å². The molecule has 0 spiro atoms. The molecule has 1 aliphatic carbocycles. The molecule has 6 nitrogen and oxygen atoms in total. The highest BCUT2D eigenvalue weighted by Crippen LogP contribution is 2.38. The molecule has 0 radical (unpaired) electrons. The number of H-pyrrole nitrogens is 1. The minimum absolute atomic E-state index is 0.0502. The van der Waals surface area contributed by atoms with Gasteiger partial charge in [0.15, 0.2) is 0 Å². The van der Waals surface area contributed by atoms with Gasteiger partial charge in [0.1, 0.15) is 11.6 Å². The number of fused-ring (bicyclic) bond motifs is 1. The second kappa shape index (κ2) is 4.33. The third-order valence-electron chi connectivity index (χ3n) is 4.61. The summed E-state index contributed by atoms with van der Waals surface area (Å²) in [6, 6.07) is 1.72. The molecule has 0 aromatic carbocycles. The molecule has 1 aromatic rings. The predicted molar refractivity (Wildman–Crippen MR) is 73.7 cm³/mol. The van der Waals surface area contributed by atoms with Crippen molar-refractivity contribution in [1.29, 1.82) is 0 Å². The Kier molecular flexibility index (Phi) is 2.58. The number of nitrogens with one attached hydrogen (secondary N) is 2. The van der Waals surface area contributed by atoms with Gasteiger partial charge in [0.25, 0.3) is 5.56 Å². The fourth-order valence-corrected chi connectivity index (χ4v) is 3.40. The molecule has 2 aliphatic heterocycles. The number of rotatable bonds is 2. The first kappa shape index (κ1) is 11.9. The minimum Gasteiger partial charge on any atom is -0.354 e. The first-order valence-electron chi connectivity index (χ1n) is 7.38. The number of hydrogen-bond donors (Lipinski definition) is 2. The fourth-order valence-electron chi connectivity index (χ4n) is 3.40. The quantitative estimate of drug-likeness (QED) is 0.816. The summed E-state index contributed by atoms with van der Waals surface area (Å²) >= 11 is 0. The lowest BCUT2D eigenvalue weighted by atomic mass is 9.91. The van der Waals surface area contributed by atoms with Crippen LogP contribution in [-0.2, 0) is 4.79 Å². The standard InChI is InChI=1S/C14H18N4O2/c19-12-6-11(16-13(17-12)8-3-4-8)18-5-1-2-9-10(18)7-15-14(9)20/h6,8-10H,1-5,7H2,(H,15,20)(H,16,17,19). The van der Waals surface area contributed by atoms with E-state index in [1.165, 1.54) is 0 Å². The number of amides is 1. The Morgan fingerprint density at radius 2 is 2.10 bits per heavy atom. The van der Waals surface area contributed by atoms with Crippen LogP contribution < -0.4 is 15.8 Å². The second-order valence-electron chi connectivity index (χ2n) is 6.02. The molecule has 1 aromatic heterocycles. The Morgan fingerprint density at radius 3 is 2.90 bits per heavy atom. The molecule has 20 heavy (non-hydrogen) atoms.